The third-order valence-electron chi connectivity index (χ3n) is 9.14. The number of allylic oxidation sites excluding steroid dienone is 2. The van der Waals surface area contributed by atoms with Crippen LogP contribution in [0, 0.1) is 23.8 Å². The van der Waals surface area contributed by atoms with E-state index in [-0.39, 0.29) is 48.9 Å². The van der Waals surface area contributed by atoms with Crippen molar-refractivity contribution in [2.24, 2.45) is 17.8 Å². The molecule has 49 heavy (non-hydrogen) atoms. The zero-order valence-electron chi connectivity index (χ0n) is 30.7. The molecule has 0 saturated carbocycles. The topological polar surface area (TPSA) is 63.1 Å². The summed E-state index contributed by atoms with van der Waals surface area (Å²) < 4.78 is 0. The quantitative estimate of drug-likeness (QED) is 0.0817. The third kappa shape index (κ3) is 10.2. The Labute approximate surface area is 311 Å². The van der Waals surface area contributed by atoms with E-state index in [0.29, 0.717) is 5.92 Å². The van der Waals surface area contributed by atoms with Crippen molar-refractivity contribution >= 4 is 38.1 Å². The second-order valence-electron chi connectivity index (χ2n) is 14.2. The van der Waals surface area contributed by atoms with E-state index in [1.54, 1.807) is 11.3 Å². The van der Waals surface area contributed by atoms with Gasteiger partial charge in [0.25, 0.3) is 0 Å². The Morgan fingerprint density at radius 3 is 2.20 bits per heavy atom. The summed E-state index contributed by atoms with van der Waals surface area (Å²) in [5.74, 6) is 1.19. The fraction of sp³-hybridized carbons (Fsp3) is 0.419. The number of aliphatic hydroxyl groups excluding tert-OH is 1. The monoisotopic (exact) mass is 854 g/mol. The molecule has 0 atom stereocenters. The van der Waals surface area contributed by atoms with Gasteiger partial charge in [0.05, 0.1) is 11.5 Å². The summed E-state index contributed by atoms with van der Waals surface area (Å²) >= 11 is 1.74. The molecule has 0 aliphatic rings. The number of hydrogen-bond donors (Lipinski definition) is 1. The summed E-state index contributed by atoms with van der Waals surface area (Å²) in [5, 5.41) is 15.7. The third-order valence-corrected chi connectivity index (χ3v) is 10.1. The Hall–Kier alpha value is -3.18. The number of nitrogens with zero attached hydrogens (tertiary/aromatic N) is 2. The zero-order valence-corrected chi connectivity index (χ0v) is 33.9. The van der Waals surface area contributed by atoms with E-state index in [1.165, 1.54) is 28.0 Å². The molecule has 3 aromatic heterocycles. The first kappa shape index (κ1) is 40.3. The number of carbonyl (C=O) groups is 1. The fourth-order valence-electron chi connectivity index (χ4n) is 6.23. The van der Waals surface area contributed by atoms with Gasteiger partial charge in [-0.15, -0.1) is 40.5 Å². The first-order chi connectivity index (χ1) is 22.9. The molecule has 5 rings (SSSR count). The van der Waals surface area contributed by atoms with E-state index in [9.17, 15) is 9.90 Å². The molecule has 0 aliphatic carbocycles. The van der Waals surface area contributed by atoms with Crippen molar-refractivity contribution in [1.29, 1.82) is 0 Å². The SMILES string of the molecule is CC(C)Cc1csc2nc(-c3ccnc(-c4[c-]c5ccccc5c(C(C)(C)C)c4)c3)ccc12.CCC(CC)C(=O)/C=C(\O)C(CC)CC.[Ir]. The van der Waals surface area contributed by atoms with Gasteiger partial charge in [-0.25, -0.2) is 4.98 Å². The number of benzene rings is 2. The van der Waals surface area contributed by atoms with E-state index in [1.807, 2.05) is 40.0 Å². The van der Waals surface area contributed by atoms with Crippen LogP contribution in [0.25, 0.3) is 43.5 Å². The molecule has 0 unspecified atom stereocenters. The minimum Gasteiger partial charge on any atom is -0.512 e. The van der Waals surface area contributed by atoms with Crippen LogP contribution in [-0.4, -0.2) is 20.9 Å². The molecule has 4 nitrogen and oxygen atoms in total. The second kappa shape index (κ2) is 18.2. The number of aromatic nitrogens is 2. The first-order valence-corrected chi connectivity index (χ1v) is 18.5. The largest absolute Gasteiger partial charge is 0.512 e. The van der Waals surface area contributed by atoms with E-state index in [0.717, 1.165) is 64.8 Å². The van der Waals surface area contributed by atoms with Gasteiger partial charge in [-0.05, 0) is 78.1 Å². The van der Waals surface area contributed by atoms with E-state index >= 15 is 0 Å². The summed E-state index contributed by atoms with van der Waals surface area (Å²) in [6.07, 6.45) is 7.88. The van der Waals surface area contributed by atoms with Crippen molar-refractivity contribution in [3.05, 3.63) is 95.2 Å². The van der Waals surface area contributed by atoms with Crippen molar-refractivity contribution in [3.63, 3.8) is 0 Å². The van der Waals surface area contributed by atoms with Crippen LogP contribution in [0.15, 0.2) is 78.0 Å². The van der Waals surface area contributed by atoms with Gasteiger partial charge in [0.1, 0.15) is 4.83 Å². The van der Waals surface area contributed by atoms with Crippen LogP contribution >= 0.6 is 11.3 Å². The first-order valence-electron chi connectivity index (χ1n) is 17.6. The zero-order chi connectivity index (χ0) is 35.0. The van der Waals surface area contributed by atoms with Crippen LogP contribution in [-0.2, 0) is 36.7 Å². The predicted molar refractivity (Wildman–Crippen MR) is 206 cm³/mol. The molecule has 0 bridgehead atoms. The van der Waals surface area contributed by atoms with Crippen LogP contribution in [0.1, 0.15) is 99.1 Å². The molecule has 3 heterocycles. The molecule has 0 amide bonds. The van der Waals surface area contributed by atoms with Gasteiger partial charge in [-0.3, -0.25) is 9.78 Å². The number of aliphatic hydroxyl groups is 1. The summed E-state index contributed by atoms with van der Waals surface area (Å²) in [7, 11) is 0. The van der Waals surface area contributed by atoms with Gasteiger partial charge in [0.15, 0.2) is 5.78 Å². The summed E-state index contributed by atoms with van der Waals surface area (Å²) in [6, 6.07) is 22.9. The summed E-state index contributed by atoms with van der Waals surface area (Å²) in [6.45, 7) is 19.4. The standard InChI is InChI=1S/C30H29N2S.C13H24O2.Ir/c1-19(2)14-23-18-33-29-25(23)10-11-27(32-29)21-12-13-31-28(17-21)22-15-20-8-6-7-9-24(20)26(16-22)30(3,4)5;1-5-10(6-2)12(14)9-13(15)11(7-3)8-4;/h6-13,16-19H,14H2,1-5H3;9-11,14H,5-8H2,1-4H3;/q-1;;/b;12-9-;. The van der Waals surface area contributed by atoms with Gasteiger partial charge in [-0.2, -0.15) is 0 Å². The average Bonchev–Trinajstić information content (AvgIpc) is 3.46. The number of hydrogen-bond acceptors (Lipinski definition) is 5. The minimum atomic E-state index is 0. The molecule has 6 heteroatoms. The van der Waals surface area contributed by atoms with Crippen molar-refractivity contribution in [1.82, 2.24) is 9.97 Å². The Balaban J connectivity index is 0.000000347. The maximum atomic E-state index is 11.7. The molecule has 1 N–H and O–H groups in total. The van der Waals surface area contributed by atoms with Crippen molar-refractivity contribution in [3.8, 4) is 22.5 Å². The van der Waals surface area contributed by atoms with E-state index in [4.69, 9.17) is 9.97 Å². The molecule has 263 valence electrons. The van der Waals surface area contributed by atoms with Crippen molar-refractivity contribution in [2.75, 3.05) is 0 Å². The van der Waals surface area contributed by atoms with Crippen molar-refractivity contribution in [2.45, 2.75) is 99.8 Å². The molecule has 2 aromatic carbocycles. The van der Waals surface area contributed by atoms with Crippen LogP contribution < -0.4 is 0 Å². The Morgan fingerprint density at radius 1 is 0.898 bits per heavy atom. The normalized spacial score (nSPS) is 12.0. The Morgan fingerprint density at radius 2 is 1.57 bits per heavy atom. The number of fused-ring (bicyclic) bond motifs is 2. The molecule has 0 aliphatic heterocycles. The average molecular weight is 854 g/mol. The van der Waals surface area contributed by atoms with Crippen LogP contribution in [0.5, 0.6) is 0 Å². The van der Waals surface area contributed by atoms with Gasteiger partial charge < -0.3 is 5.11 Å². The number of carbonyl (C=O) groups excluding carboxylic acids is 1. The van der Waals surface area contributed by atoms with Gasteiger partial charge in [-0.1, -0.05) is 97.5 Å². The van der Waals surface area contributed by atoms with Crippen molar-refractivity contribution < 1.29 is 30.0 Å². The summed E-state index contributed by atoms with van der Waals surface area (Å²) in [5.41, 5.74) is 6.77. The van der Waals surface area contributed by atoms with Gasteiger partial charge in [0.2, 0.25) is 0 Å². The molecular formula is C43H53IrN2O2S-. The molecule has 1 radical (unpaired) electrons. The van der Waals surface area contributed by atoms with Crippen LogP contribution in [0.3, 0.4) is 0 Å². The smallest absolute Gasteiger partial charge is 0.162 e. The van der Waals surface area contributed by atoms with Crippen LogP contribution in [0.4, 0.5) is 0 Å². The Bertz CT molecular complexity index is 1860. The van der Waals surface area contributed by atoms with Gasteiger partial charge in [0, 0.05) is 55.3 Å². The molecule has 0 fully saturated rings. The number of rotatable bonds is 11. The number of thiophene rings is 1. The molecule has 0 saturated heterocycles. The molecule has 0 spiro atoms. The van der Waals surface area contributed by atoms with Gasteiger partial charge >= 0.3 is 0 Å². The minimum absolute atomic E-state index is 0. The second-order valence-corrected chi connectivity index (χ2v) is 15.1. The summed E-state index contributed by atoms with van der Waals surface area (Å²) in [4.78, 5) is 22.5. The predicted octanol–water partition coefficient (Wildman–Crippen LogP) is 12.3. The fourth-order valence-corrected chi connectivity index (χ4v) is 7.18. The maximum absolute atomic E-state index is 11.7. The number of ketones is 1. The molecular weight excluding hydrogens is 801 g/mol. The van der Waals surface area contributed by atoms with E-state index < -0.39 is 0 Å². The number of pyridine rings is 2. The maximum Gasteiger partial charge on any atom is 0.162 e. The molecule has 5 aromatic rings. The van der Waals surface area contributed by atoms with E-state index in [2.05, 4.69) is 94.6 Å². The Kier molecular flexibility index (Phi) is 14.9. The van der Waals surface area contributed by atoms with Crippen LogP contribution in [0.2, 0.25) is 0 Å².